The van der Waals surface area contributed by atoms with Gasteiger partial charge in [-0.3, -0.25) is 4.90 Å². The first-order valence-corrected chi connectivity index (χ1v) is 9.61. The molecule has 1 aromatic carbocycles. The summed E-state index contributed by atoms with van der Waals surface area (Å²) >= 11 is 0. The number of nitrogens with zero attached hydrogens (tertiary/aromatic N) is 4. The van der Waals surface area contributed by atoms with Gasteiger partial charge < -0.3 is 19.4 Å². The molecule has 1 aromatic heterocycles. The first-order valence-electron chi connectivity index (χ1n) is 9.61. The topological polar surface area (TPSA) is 64.4 Å². The van der Waals surface area contributed by atoms with E-state index in [0.717, 1.165) is 62.8 Å². The molecule has 3 heterocycles. The third-order valence-electron chi connectivity index (χ3n) is 5.49. The van der Waals surface area contributed by atoms with Crippen molar-refractivity contribution in [1.29, 1.82) is 0 Å². The molecule has 0 unspecified atom stereocenters. The van der Waals surface area contributed by atoms with Gasteiger partial charge in [-0.1, -0.05) is 6.07 Å². The van der Waals surface area contributed by atoms with Crippen molar-refractivity contribution in [1.82, 2.24) is 25.0 Å². The van der Waals surface area contributed by atoms with Crippen LogP contribution in [0.2, 0.25) is 0 Å². The molecule has 2 aromatic rings. The van der Waals surface area contributed by atoms with E-state index in [4.69, 9.17) is 9.47 Å². The normalized spacial score (nSPS) is 17.7. The smallest absolute Gasteiger partial charge is 0.387 e. The Bertz CT molecular complexity index is 812. The third-order valence-corrected chi connectivity index (χ3v) is 5.49. The molecule has 0 aliphatic carbocycles. The molecule has 29 heavy (non-hydrogen) atoms. The molecule has 160 valence electrons. The Hall–Kier alpha value is -1.97. The molecule has 0 radical (unpaired) electrons. The summed E-state index contributed by atoms with van der Waals surface area (Å²) in [6, 6.07) is 5.09. The largest absolute Gasteiger partial charge is 0.497 e. The van der Waals surface area contributed by atoms with Crippen molar-refractivity contribution < 1.29 is 18.3 Å². The van der Waals surface area contributed by atoms with Gasteiger partial charge in [0.25, 0.3) is 0 Å². The molecule has 4 rings (SSSR count). The molecule has 0 saturated carbocycles. The predicted molar refractivity (Wildman–Crippen MR) is 106 cm³/mol. The van der Waals surface area contributed by atoms with Crippen LogP contribution in [-0.4, -0.2) is 53.0 Å². The van der Waals surface area contributed by atoms with Gasteiger partial charge in [-0.2, -0.15) is 8.78 Å². The van der Waals surface area contributed by atoms with Gasteiger partial charge in [0, 0.05) is 37.2 Å². The monoisotopic (exact) mass is 429 g/mol. The highest BCUT2D eigenvalue weighted by Crippen LogP contribution is 2.31. The van der Waals surface area contributed by atoms with Crippen molar-refractivity contribution in [3.63, 3.8) is 0 Å². The van der Waals surface area contributed by atoms with E-state index < -0.39 is 6.61 Å². The minimum atomic E-state index is -2.86. The van der Waals surface area contributed by atoms with Gasteiger partial charge in [0.15, 0.2) is 0 Å². The molecule has 0 amide bonds. The van der Waals surface area contributed by atoms with Gasteiger partial charge in [-0.25, -0.2) is 0 Å². The lowest BCUT2D eigenvalue weighted by Crippen LogP contribution is -2.34. The molecule has 2 aliphatic heterocycles. The summed E-state index contributed by atoms with van der Waals surface area (Å²) in [5.41, 5.74) is 0.741. The Morgan fingerprint density at radius 1 is 1.21 bits per heavy atom. The SMILES string of the molecule is COc1ccc(CN2CCC(c3nnc4n3CCNC4)CC2)c(OC(F)F)c1.Cl. The van der Waals surface area contributed by atoms with E-state index in [1.165, 1.54) is 13.2 Å². The van der Waals surface area contributed by atoms with Crippen LogP contribution < -0.4 is 14.8 Å². The Morgan fingerprint density at radius 2 is 2.00 bits per heavy atom. The summed E-state index contributed by atoms with van der Waals surface area (Å²) in [7, 11) is 1.51. The molecule has 1 N–H and O–H groups in total. The summed E-state index contributed by atoms with van der Waals surface area (Å²) in [5, 5.41) is 12.1. The van der Waals surface area contributed by atoms with Crippen LogP contribution in [0.4, 0.5) is 8.78 Å². The van der Waals surface area contributed by atoms with Crippen molar-refractivity contribution in [3.8, 4) is 11.5 Å². The van der Waals surface area contributed by atoms with E-state index in [0.29, 0.717) is 18.2 Å². The second-order valence-electron chi connectivity index (χ2n) is 7.21. The third kappa shape index (κ3) is 4.96. The number of fused-ring (bicyclic) bond motifs is 1. The first kappa shape index (κ1) is 21.7. The van der Waals surface area contributed by atoms with Crippen LogP contribution in [0.15, 0.2) is 18.2 Å². The zero-order valence-corrected chi connectivity index (χ0v) is 17.1. The highest BCUT2D eigenvalue weighted by molar-refractivity contribution is 5.85. The molecule has 1 saturated heterocycles. The van der Waals surface area contributed by atoms with E-state index in [9.17, 15) is 8.78 Å². The molecule has 0 spiro atoms. The van der Waals surface area contributed by atoms with E-state index in [1.54, 1.807) is 12.1 Å². The standard InChI is InChI=1S/C19H25F2N5O2.ClH/c1-27-15-3-2-14(16(10-15)28-19(20)21)12-25-7-4-13(5-8-25)18-24-23-17-11-22-6-9-26(17)18;/h2-3,10,13,19,22H,4-9,11-12H2,1H3;1H. The minimum Gasteiger partial charge on any atom is -0.497 e. The Balaban J connectivity index is 0.00000240. The molecule has 0 atom stereocenters. The predicted octanol–water partition coefficient (Wildman–Crippen LogP) is 2.79. The lowest BCUT2D eigenvalue weighted by atomic mass is 9.95. The lowest BCUT2D eigenvalue weighted by Gasteiger charge is -2.32. The maximum absolute atomic E-state index is 12.8. The molecule has 0 bridgehead atoms. The summed E-state index contributed by atoms with van der Waals surface area (Å²) in [4.78, 5) is 2.27. The Labute approximate surface area is 174 Å². The van der Waals surface area contributed by atoms with Gasteiger partial charge >= 0.3 is 6.61 Å². The van der Waals surface area contributed by atoms with Crippen LogP contribution in [0.5, 0.6) is 11.5 Å². The zero-order chi connectivity index (χ0) is 19.5. The van der Waals surface area contributed by atoms with Crippen LogP contribution in [0.1, 0.15) is 36.0 Å². The quantitative estimate of drug-likeness (QED) is 0.761. The van der Waals surface area contributed by atoms with E-state index in [-0.39, 0.29) is 18.2 Å². The minimum absolute atomic E-state index is 0. The number of hydrogen-bond acceptors (Lipinski definition) is 6. The summed E-state index contributed by atoms with van der Waals surface area (Å²) in [6.45, 7) is 2.11. The maximum atomic E-state index is 12.8. The average molecular weight is 430 g/mol. The van der Waals surface area contributed by atoms with E-state index >= 15 is 0 Å². The number of aromatic nitrogens is 3. The van der Waals surface area contributed by atoms with Gasteiger partial charge in [-0.05, 0) is 32.0 Å². The number of rotatable bonds is 6. The van der Waals surface area contributed by atoms with E-state index in [2.05, 4.69) is 25.0 Å². The molecule has 1 fully saturated rings. The maximum Gasteiger partial charge on any atom is 0.387 e. The average Bonchev–Trinajstić information content (AvgIpc) is 3.13. The second kappa shape index (κ2) is 9.69. The van der Waals surface area contributed by atoms with Gasteiger partial charge in [0.1, 0.15) is 23.1 Å². The molecule has 10 heteroatoms. The van der Waals surface area contributed by atoms with Crippen molar-refractivity contribution in [2.75, 3.05) is 26.7 Å². The highest BCUT2D eigenvalue weighted by Gasteiger charge is 2.27. The number of nitrogens with one attached hydrogen (secondary N) is 1. The van der Waals surface area contributed by atoms with Crippen LogP contribution in [-0.2, 0) is 19.6 Å². The van der Waals surface area contributed by atoms with E-state index in [1.807, 2.05) is 0 Å². The van der Waals surface area contributed by atoms with Crippen LogP contribution in [0.3, 0.4) is 0 Å². The van der Waals surface area contributed by atoms with Gasteiger partial charge in [-0.15, -0.1) is 22.6 Å². The number of ether oxygens (including phenoxy) is 2. The van der Waals surface area contributed by atoms with Crippen molar-refractivity contribution >= 4 is 12.4 Å². The number of halogens is 3. The number of hydrogen-bond donors (Lipinski definition) is 1. The number of methoxy groups -OCH3 is 1. The fourth-order valence-electron chi connectivity index (χ4n) is 4.00. The summed E-state index contributed by atoms with van der Waals surface area (Å²) < 4.78 is 37.6. The van der Waals surface area contributed by atoms with Crippen molar-refractivity contribution in [3.05, 3.63) is 35.4 Å². The highest BCUT2D eigenvalue weighted by atomic mass is 35.5. The number of alkyl halides is 2. The zero-order valence-electron chi connectivity index (χ0n) is 16.3. The van der Waals surface area contributed by atoms with Gasteiger partial charge in [0.05, 0.1) is 13.7 Å². The molecule has 7 nitrogen and oxygen atoms in total. The van der Waals surface area contributed by atoms with Gasteiger partial charge in [0.2, 0.25) is 0 Å². The molecular formula is C19H26ClF2N5O2. The number of likely N-dealkylation sites (tertiary alicyclic amines) is 1. The number of piperidine rings is 1. The van der Waals surface area contributed by atoms with Crippen molar-refractivity contribution in [2.45, 2.75) is 45.0 Å². The first-order chi connectivity index (χ1) is 13.6. The number of benzene rings is 1. The lowest BCUT2D eigenvalue weighted by molar-refractivity contribution is -0.0509. The Kier molecular flexibility index (Phi) is 7.26. The Morgan fingerprint density at radius 3 is 2.72 bits per heavy atom. The van der Waals surface area contributed by atoms with Crippen LogP contribution in [0.25, 0.3) is 0 Å². The summed E-state index contributed by atoms with van der Waals surface area (Å²) in [6.07, 6.45) is 1.96. The molecular weight excluding hydrogens is 404 g/mol. The van der Waals surface area contributed by atoms with Crippen molar-refractivity contribution in [2.24, 2.45) is 0 Å². The van der Waals surface area contributed by atoms with Crippen LogP contribution in [0, 0.1) is 0 Å². The van der Waals surface area contributed by atoms with Crippen LogP contribution >= 0.6 is 12.4 Å². The molecule has 2 aliphatic rings. The fourth-order valence-corrected chi connectivity index (χ4v) is 4.00. The fraction of sp³-hybridized carbons (Fsp3) is 0.579. The second-order valence-corrected chi connectivity index (χ2v) is 7.21. The summed E-state index contributed by atoms with van der Waals surface area (Å²) in [5.74, 6) is 3.17.